The standard InChI is InChI=1S/C20H23NO/c1-19(2)18-10-14(8-9-15(18)12-21-19)11-20(3)17-7-5-4-6-16(17)13-22-20/h4-10,21H,11-13H2,1-3H3. The smallest absolute Gasteiger partial charge is 0.0951 e. The number of rotatable bonds is 2. The second kappa shape index (κ2) is 4.68. The van der Waals surface area contributed by atoms with Crippen LogP contribution in [-0.2, 0) is 35.4 Å². The fourth-order valence-corrected chi connectivity index (χ4v) is 3.89. The molecule has 2 nitrogen and oxygen atoms in total. The van der Waals surface area contributed by atoms with Crippen LogP contribution in [0.15, 0.2) is 42.5 Å². The number of hydrogen-bond acceptors (Lipinski definition) is 2. The van der Waals surface area contributed by atoms with E-state index in [1.807, 2.05) is 0 Å². The molecule has 2 aromatic carbocycles. The van der Waals surface area contributed by atoms with Crippen LogP contribution in [0.1, 0.15) is 48.6 Å². The minimum atomic E-state index is -0.207. The van der Waals surface area contributed by atoms with Gasteiger partial charge in [-0.3, -0.25) is 0 Å². The van der Waals surface area contributed by atoms with Crippen molar-refractivity contribution < 1.29 is 4.74 Å². The van der Waals surface area contributed by atoms with Crippen molar-refractivity contribution in [3.05, 3.63) is 70.3 Å². The van der Waals surface area contributed by atoms with Crippen molar-refractivity contribution in [2.75, 3.05) is 0 Å². The van der Waals surface area contributed by atoms with Crippen LogP contribution in [0.3, 0.4) is 0 Å². The maximum absolute atomic E-state index is 6.17. The zero-order valence-electron chi connectivity index (χ0n) is 13.6. The van der Waals surface area contributed by atoms with Crippen molar-refractivity contribution >= 4 is 0 Å². The minimum Gasteiger partial charge on any atom is -0.366 e. The van der Waals surface area contributed by atoms with Gasteiger partial charge in [0.15, 0.2) is 0 Å². The van der Waals surface area contributed by atoms with E-state index in [1.54, 1.807) is 0 Å². The molecule has 0 radical (unpaired) electrons. The molecule has 0 fully saturated rings. The first-order valence-corrected chi connectivity index (χ1v) is 8.08. The van der Waals surface area contributed by atoms with Crippen LogP contribution >= 0.6 is 0 Å². The molecule has 2 heterocycles. The van der Waals surface area contributed by atoms with E-state index in [1.165, 1.54) is 27.8 Å². The molecule has 2 aliphatic heterocycles. The first kappa shape index (κ1) is 14.0. The van der Waals surface area contributed by atoms with Gasteiger partial charge in [0.2, 0.25) is 0 Å². The normalized spacial score (nSPS) is 25.0. The Morgan fingerprint density at radius 2 is 1.82 bits per heavy atom. The molecular weight excluding hydrogens is 270 g/mol. The lowest BCUT2D eigenvalue weighted by Crippen LogP contribution is -2.29. The van der Waals surface area contributed by atoms with E-state index >= 15 is 0 Å². The molecule has 0 aliphatic carbocycles. The van der Waals surface area contributed by atoms with Crippen molar-refractivity contribution in [2.45, 2.75) is 51.5 Å². The summed E-state index contributed by atoms with van der Waals surface area (Å²) in [6.07, 6.45) is 0.924. The highest BCUT2D eigenvalue weighted by atomic mass is 16.5. The molecule has 0 amide bonds. The van der Waals surface area contributed by atoms with Gasteiger partial charge in [0.05, 0.1) is 12.2 Å². The van der Waals surface area contributed by atoms with Crippen molar-refractivity contribution in [1.82, 2.24) is 5.32 Å². The molecule has 1 atom stereocenters. The third kappa shape index (κ3) is 2.10. The van der Waals surface area contributed by atoms with Gasteiger partial charge in [0, 0.05) is 18.5 Å². The zero-order chi connectivity index (χ0) is 15.4. The average molecular weight is 293 g/mol. The number of benzene rings is 2. The zero-order valence-corrected chi connectivity index (χ0v) is 13.6. The van der Waals surface area contributed by atoms with Crippen LogP contribution in [0.5, 0.6) is 0 Å². The summed E-state index contributed by atoms with van der Waals surface area (Å²) in [5.74, 6) is 0. The van der Waals surface area contributed by atoms with Crippen LogP contribution in [0, 0.1) is 0 Å². The van der Waals surface area contributed by atoms with Gasteiger partial charge in [-0.15, -0.1) is 0 Å². The first-order chi connectivity index (χ1) is 10.5. The van der Waals surface area contributed by atoms with E-state index in [0.717, 1.165) is 19.6 Å². The van der Waals surface area contributed by atoms with E-state index in [4.69, 9.17) is 4.74 Å². The molecule has 2 aliphatic rings. The molecule has 0 aromatic heterocycles. The fraction of sp³-hybridized carbons (Fsp3) is 0.400. The van der Waals surface area contributed by atoms with E-state index in [2.05, 4.69) is 68.6 Å². The predicted molar refractivity (Wildman–Crippen MR) is 88.6 cm³/mol. The molecule has 1 unspecified atom stereocenters. The molecular formula is C20H23NO. The Morgan fingerprint density at radius 1 is 1.00 bits per heavy atom. The molecule has 0 bridgehead atoms. The molecule has 1 N–H and O–H groups in total. The monoisotopic (exact) mass is 293 g/mol. The quantitative estimate of drug-likeness (QED) is 0.903. The third-order valence-electron chi connectivity index (χ3n) is 5.24. The second-order valence-electron chi connectivity index (χ2n) is 7.32. The number of nitrogens with one attached hydrogen (secondary N) is 1. The maximum Gasteiger partial charge on any atom is 0.0951 e. The molecule has 22 heavy (non-hydrogen) atoms. The number of ether oxygens (including phenoxy) is 1. The average Bonchev–Trinajstić information content (AvgIpc) is 2.99. The summed E-state index contributed by atoms with van der Waals surface area (Å²) in [4.78, 5) is 0. The van der Waals surface area contributed by atoms with Crippen molar-refractivity contribution in [2.24, 2.45) is 0 Å². The van der Waals surface area contributed by atoms with Crippen LogP contribution < -0.4 is 5.32 Å². The van der Waals surface area contributed by atoms with Gasteiger partial charge in [0.1, 0.15) is 0 Å². The summed E-state index contributed by atoms with van der Waals surface area (Å²) >= 11 is 0. The minimum absolute atomic E-state index is 0.0701. The van der Waals surface area contributed by atoms with Crippen LogP contribution in [-0.4, -0.2) is 0 Å². The van der Waals surface area contributed by atoms with Crippen molar-refractivity contribution in [1.29, 1.82) is 0 Å². The van der Waals surface area contributed by atoms with Gasteiger partial charge in [-0.05, 0) is 48.6 Å². The summed E-state index contributed by atoms with van der Waals surface area (Å²) in [5, 5.41) is 3.58. The Bertz CT molecular complexity index is 734. The van der Waals surface area contributed by atoms with Gasteiger partial charge in [-0.1, -0.05) is 42.5 Å². The molecule has 2 aromatic rings. The summed E-state index contributed by atoms with van der Waals surface area (Å²) in [5.41, 5.74) is 6.74. The first-order valence-electron chi connectivity index (χ1n) is 8.08. The Balaban J connectivity index is 1.68. The Labute approximate surface area is 132 Å². The SMILES string of the molecule is CC1(C)NCc2ccc(CC3(C)OCc4ccccc43)cc21. The molecule has 114 valence electrons. The topological polar surface area (TPSA) is 21.3 Å². The van der Waals surface area contributed by atoms with E-state index in [9.17, 15) is 0 Å². The number of hydrogen-bond donors (Lipinski definition) is 1. The largest absolute Gasteiger partial charge is 0.366 e. The highest BCUT2D eigenvalue weighted by Crippen LogP contribution is 2.40. The predicted octanol–water partition coefficient (Wildman–Crippen LogP) is 4.01. The summed E-state index contributed by atoms with van der Waals surface area (Å²) in [6, 6.07) is 15.5. The summed E-state index contributed by atoms with van der Waals surface area (Å²) < 4.78 is 6.17. The molecule has 0 spiro atoms. The highest BCUT2D eigenvalue weighted by Gasteiger charge is 2.36. The van der Waals surface area contributed by atoms with Gasteiger partial charge in [0.25, 0.3) is 0 Å². The van der Waals surface area contributed by atoms with Gasteiger partial charge in [-0.25, -0.2) is 0 Å². The molecule has 0 saturated carbocycles. The van der Waals surface area contributed by atoms with Crippen LogP contribution in [0.2, 0.25) is 0 Å². The van der Waals surface area contributed by atoms with Crippen LogP contribution in [0.4, 0.5) is 0 Å². The summed E-state index contributed by atoms with van der Waals surface area (Å²) in [7, 11) is 0. The van der Waals surface area contributed by atoms with Gasteiger partial charge in [-0.2, -0.15) is 0 Å². The molecule has 4 rings (SSSR count). The second-order valence-corrected chi connectivity index (χ2v) is 7.32. The van der Waals surface area contributed by atoms with Crippen molar-refractivity contribution in [3.8, 4) is 0 Å². The highest BCUT2D eigenvalue weighted by molar-refractivity contribution is 5.42. The van der Waals surface area contributed by atoms with E-state index in [0.29, 0.717) is 0 Å². The lowest BCUT2D eigenvalue weighted by atomic mass is 9.85. The number of fused-ring (bicyclic) bond motifs is 2. The lowest BCUT2D eigenvalue weighted by molar-refractivity contribution is -0.0228. The van der Waals surface area contributed by atoms with Gasteiger partial charge >= 0.3 is 0 Å². The summed E-state index contributed by atoms with van der Waals surface area (Å²) in [6.45, 7) is 8.43. The maximum atomic E-state index is 6.17. The fourth-order valence-electron chi connectivity index (χ4n) is 3.89. The Morgan fingerprint density at radius 3 is 2.68 bits per heavy atom. The molecule has 0 saturated heterocycles. The van der Waals surface area contributed by atoms with E-state index in [-0.39, 0.29) is 11.1 Å². The van der Waals surface area contributed by atoms with E-state index < -0.39 is 0 Å². The lowest BCUT2D eigenvalue weighted by Gasteiger charge is -2.26. The third-order valence-corrected chi connectivity index (χ3v) is 5.24. The Hall–Kier alpha value is -1.64. The Kier molecular flexibility index (Phi) is 2.97. The molecule has 2 heteroatoms. The van der Waals surface area contributed by atoms with Crippen LogP contribution in [0.25, 0.3) is 0 Å². The van der Waals surface area contributed by atoms with Crippen molar-refractivity contribution in [3.63, 3.8) is 0 Å². The van der Waals surface area contributed by atoms with Gasteiger partial charge < -0.3 is 10.1 Å².